The lowest BCUT2D eigenvalue weighted by Gasteiger charge is -2.35. The molecule has 0 aromatic heterocycles. The Morgan fingerprint density at radius 3 is 2.81 bits per heavy atom. The van der Waals surface area contributed by atoms with E-state index in [1.165, 1.54) is 6.08 Å². The molecule has 1 saturated heterocycles. The minimum Gasteiger partial charge on any atom is -0.480 e. The van der Waals surface area contributed by atoms with Crippen LogP contribution in [0.25, 0.3) is 0 Å². The summed E-state index contributed by atoms with van der Waals surface area (Å²) in [6.07, 6.45) is 0.568. The zero-order valence-electron chi connectivity index (χ0n) is 8.83. The first-order valence-corrected chi connectivity index (χ1v) is 5.03. The summed E-state index contributed by atoms with van der Waals surface area (Å²) in [6.45, 7) is 3.69. The van der Waals surface area contributed by atoms with Crippen molar-refractivity contribution in [2.75, 3.05) is 13.2 Å². The molecule has 0 unspecified atom stereocenters. The molecule has 1 rings (SSSR count). The number of carboxylic acids is 1. The van der Waals surface area contributed by atoms with E-state index in [1.807, 2.05) is 0 Å². The van der Waals surface area contributed by atoms with Gasteiger partial charge in [0.05, 0.1) is 6.10 Å². The Morgan fingerprint density at radius 2 is 2.25 bits per heavy atom. The van der Waals surface area contributed by atoms with E-state index in [4.69, 9.17) is 9.84 Å². The highest BCUT2D eigenvalue weighted by atomic mass is 16.6. The van der Waals surface area contributed by atoms with E-state index in [0.717, 1.165) is 4.90 Å². The van der Waals surface area contributed by atoms with Gasteiger partial charge >= 0.3 is 12.1 Å². The fourth-order valence-corrected chi connectivity index (χ4v) is 1.69. The van der Waals surface area contributed by atoms with Crippen LogP contribution in [-0.2, 0) is 9.53 Å². The Labute approximate surface area is 93.1 Å². The molecule has 1 heterocycles. The molecule has 0 aromatic carbocycles. The van der Waals surface area contributed by atoms with E-state index in [9.17, 15) is 14.7 Å². The first kappa shape index (κ1) is 12.5. The van der Waals surface area contributed by atoms with Gasteiger partial charge in [-0.05, 0) is 12.8 Å². The molecule has 2 atom stereocenters. The van der Waals surface area contributed by atoms with E-state index in [0.29, 0.717) is 12.8 Å². The largest absolute Gasteiger partial charge is 0.480 e. The van der Waals surface area contributed by atoms with Crippen molar-refractivity contribution in [1.82, 2.24) is 4.90 Å². The molecule has 90 valence electrons. The molecule has 0 aromatic rings. The number of hydrogen-bond donors (Lipinski definition) is 2. The molecule has 0 bridgehead atoms. The monoisotopic (exact) mass is 229 g/mol. The van der Waals surface area contributed by atoms with E-state index >= 15 is 0 Å². The Balaban J connectivity index is 2.70. The number of nitrogens with zero attached hydrogens (tertiary/aromatic N) is 1. The third-order valence-corrected chi connectivity index (χ3v) is 2.41. The lowest BCUT2D eigenvalue weighted by molar-refractivity contribution is -0.149. The summed E-state index contributed by atoms with van der Waals surface area (Å²) in [5.74, 6) is -1.22. The molecule has 1 amide bonds. The fourth-order valence-electron chi connectivity index (χ4n) is 1.69. The summed E-state index contributed by atoms with van der Waals surface area (Å²) in [4.78, 5) is 23.5. The van der Waals surface area contributed by atoms with Gasteiger partial charge in [-0.3, -0.25) is 4.90 Å². The average molecular weight is 229 g/mol. The zero-order valence-corrected chi connectivity index (χ0v) is 8.83. The Morgan fingerprint density at radius 1 is 1.56 bits per heavy atom. The minimum atomic E-state index is -1.22. The van der Waals surface area contributed by atoms with Crippen LogP contribution in [0.1, 0.15) is 12.8 Å². The number of aliphatic hydroxyl groups is 1. The van der Waals surface area contributed by atoms with Crippen molar-refractivity contribution in [3.63, 3.8) is 0 Å². The SMILES string of the molecule is C=CCOC(=O)N1CCC[C@@H](O)[C@H]1C(=O)O. The minimum absolute atomic E-state index is 0.0256. The van der Waals surface area contributed by atoms with Crippen LogP contribution in [0.15, 0.2) is 12.7 Å². The van der Waals surface area contributed by atoms with Crippen molar-refractivity contribution >= 4 is 12.1 Å². The number of aliphatic hydroxyl groups excluding tert-OH is 1. The molecule has 0 aliphatic carbocycles. The molecule has 1 aliphatic heterocycles. The molecule has 6 nitrogen and oxygen atoms in total. The lowest BCUT2D eigenvalue weighted by Crippen LogP contribution is -2.55. The molecular formula is C10H15NO5. The van der Waals surface area contributed by atoms with Crippen LogP contribution in [0.4, 0.5) is 4.79 Å². The average Bonchev–Trinajstić information content (AvgIpc) is 2.24. The van der Waals surface area contributed by atoms with Crippen LogP contribution in [0.2, 0.25) is 0 Å². The second kappa shape index (κ2) is 5.50. The van der Waals surface area contributed by atoms with E-state index in [2.05, 4.69) is 6.58 Å². The summed E-state index contributed by atoms with van der Waals surface area (Å²) >= 11 is 0. The normalized spacial score (nSPS) is 24.9. The molecule has 0 spiro atoms. The first-order chi connectivity index (χ1) is 7.57. The van der Waals surface area contributed by atoms with Gasteiger partial charge in [-0.15, -0.1) is 0 Å². The number of likely N-dealkylation sites (tertiary alicyclic amines) is 1. The van der Waals surface area contributed by atoms with Gasteiger partial charge in [0, 0.05) is 6.54 Å². The molecule has 1 aliphatic rings. The maximum absolute atomic E-state index is 11.5. The van der Waals surface area contributed by atoms with Crippen LogP contribution in [0.5, 0.6) is 0 Å². The molecule has 0 saturated carbocycles. The van der Waals surface area contributed by atoms with Crippen molar-refractivity contribution in [2.45, 2.75) is 25.0 Å². The lowest BCUT2D eigenvalue weighted by atomic mass is 9.99. The van der Waals surface area contributed by atoms with Gasteiger partial charge in [0.15, 0.2) is 6.04 Å². The number of carboxylic acid groups (broad SMARTS) is 1. The molecule has 2 N–H and O–H groups in total. The van der Waals surface area contributed by atoms with Crippen LogP contribution < -0.4 is 0 Å². The van der Waals surface area contributed by atoms with Gasteiger partial charge in [-0.25, -0.2) is 9.59 Å². The predicted molar refractivity (Wildman–Crippen MR) is 54.9 cm³/mol. The zero-order chi connectivity index (χ0) is 12.1. The van der Waals surface area contributed by atoms with Gasteiger partial charge in [0.25, 0.3) is 0 Å². The van der Waals surface area contributed by atoms with Crippen LogP contribution >= 0.6 is 0 Å². The second-order valence-electron chi connectivity index (χ2n) is 3.55. The summed E-state index contributed by atoms with van der Waals surface area (Å²) < 4.78 is 4.75. The maximum atomic E-state index is 11.5. The Hall–Kier alpha value is -1.56. The smallest absolute Gasteiger partial charge is 0.410 e. The van der Waals surface area contributed by atoms with Gasteiger partial charge in [0.2, 0.25) is 0 Å². The van der Waals surface area contributed by atoms with Crippen LogP contribution in [0, 0.1) is 0 Å². The van der Waals surface area contributed by atoms with Crippen molar-refractivity contribution in [3.8, 4) is 0 Å². The standard InChI is InChI=1S/C10H15NO5/c1-2-6-16-10(15)11-5-3-4-7(12)8(11)9(13)14/h2,7-8,12H,1,3-6H2,(H,13,14)/t7-,8+/m1/s1. The molecule has 0 radical (unpaired) electrons. The predicted octanol–water partition coefficient (Wildman–Crippen LogP) is 0.219. The van der Waals surface area contributed by atoms with E-state index < -0.39 is 24.2 Å². The quantitative estimate of drug-likeness (QED) is 0.676. The van der Waals surface area contributed by atoms with Gasteiger partial charge in [-0.2, -0.15) is 0 Å². The Bertz CT molecular complexity index is 291. The van der Waals surface area contributed by atoms with Crippen molar-refractivity contribution in [2.24, 2.45) is 0 Å². The van der Waals surface area contributed by atoms with Gasteiger partial charge in [0.1, 0.15) is 6.61 Å². The summed E-state index contributed by atoms with van der Waals surface area (Å²) in [7, 11) is 0. The highest BCUT2D eigenvalue weighted by Gasteiger charge is 2.39. The second-order valence-corrected chi connectivity index (χ2v) is 3.55. The fraction of sp³-hybridized carbons (Fsp3) is 0.600. The van der Waals surface area contributed by atoms with E-state index in [1.54, 1.807) is 0 Å². The molecule has 6 heteroatoms. The summed E-state index contributed by atoms with van der Waals surface area (Å²) in [5, 5.41) is 18.5. The van der Waals surface area contributed by atoms with Gasteiger partial charge < -0.3 is 14.9 Å². The number of ether oxygens (including phenoxy) is 1. The third kappa shape index (κ3) is 2.73. The number of rotatable bonds is 3. The number of hydrogen-bond acceptors (Lipinski definition) is 4. The van der Waals surface area contributed by atoms with Crippen molar-refractivity contribution in [1.29, 1.82) is 0 Å². The summed E-state index contributed by atoms with van der Waals surface area (Å²) in [5.41, 5.74) is 0. The molecule has 1 fully saturated rings. The highest BCUT2D eigenvalue weighted by Crippen LogP contribution is 2.18. The Kier molecular flexibility index (Phi) is 4.30. The van der Waals surface area contributed by atoms with Crippen molar-refractivity contribution < 1.29 is 24.5 Å². The van der Waals surface area contributed by atoms with Crippen LogP contribution in [-0.4, -0.2) is 52.5 Å². The third-order valence-electron chi connectivity index (χ3n) is 2.41. The highest BCUT2D eigenvalue weighted by molar-refractivity contribution is 5.81. The number of amides is 1. The number of carbonyl (C=O) groups excluding carboxylic acids is 1. The number of carbonyl (C=O) groups is 2. The molecular weight excluding hydrogens is 214 g/mol. The first-order valence-electron chi connectivity index (χ1n) is 5.03. The topological polar surface area (TPSA) is 87.1 Å². The summed E-state index contributed by atoms with van der Waals surface area (Å²) in [6, 6.07) is -1.22. The number of piperidine rings is 1. The van der Waals surface area contributed by atoms with Crippen LogP contribution in [0.3, 0.4) is 0 Å². The maximum Gasteiger partial charge on any atom is 0.410 e. The number of aliphatic carboxylic acids is 1. The van der Waals surface area contributed by atoms with E-state index in [-0.39, 0.29) is 13.2 Å². The molecule has 16 heavy (non-hydrogen) atoms. The van der Waals surface area contributed by atoms with Crippen molar-refractivity contribution in [3.05, 3.63) is 12.7 Å². The van der Waals surface area contributed by atoms with Gasteiger partial charge in [-0.1, -0.05) is 12.7 Å².